The number of rotatable bonds is 9. The Kier molecular flexibility index (Phi) is 7.27. The Labute approximate surface area is 193 Å². The van der Waals surface area contributed by atoms with E-state index in [-0.39, 0.29) is 6.23 Å². The number of hydrogen-bond acceptors (Lipinski definition) is 8. The topological polar surface area (TPSA) is 108 Å². The molecule has 0 spiro atoms. The summed E-state index contributed by atoms with van der Waals surface area (Å²) in [5.74, 6) is 5.74. The number of allylic oxidation sites excluding steroid dienone is 1. The molecular formula is C24H30N7O2+. The van der Waals surface area contributed by atoms with Crippen molar-refractivity contribution in [2.24, 2.45) is 4.99 Å². The van der Waals surface area contributed by atoms with Gasteiger partial charge in [-0.1, -0.05) is 0 Å². The highest BCUT2D eigenvalue weighted by Gasteiger charge is 2.20. The summed E-state index contributed by atoms with van der Waals surface area (Å²) in [6.07, 6.45) is 7.61. The van der Waals surface area contributed by atoms with Gasteiger partial charge in [-0.15, -0.1) is 0 Å². The molecule has 0 amide bonds. The molecule has 0 aromatic carbocycles. The predicted molar refractivity (Wildman–Crippen MR) is 131 cm³/mol. The largest absolute Gasteiger partial charge is 0.398 e. The smallest absolute Gasteiger partial charge is 0.378 e. The van der Waals surface area contributed by atoms with Gasteiger partial charge in [-0.2, -0.15) is 4.67 Å². The Hall–Kier alpha value is -3.35. The minimum atomic E-state index is -0.184. The minimum absolute atomic E-state index is 0.184. The molecule has 1 saturated heterocycles. The maximum Gasteiger partial charge on any atom is 0.398 e. The normalized spacial score (nSPS) is 18.1. The fourth-order valence-corrected chi connectivity index (χ4v) is 3.77. The van der Waals surface area contributed by atoms with Crippen molar-refractivity contribution in [3.8, 4) is 0 Å². The van der Waals surface area contributed by atoms with Crippen molar-refractivity contribution in [3.63, 3.8) is 0 Å². The average Bonchev–Trinajstić information content (AvgIpc) is 3.31. The number of methoxy groups -OCH3 is 1. The zero-order valence-corrected chi connectivity index (χ0v) is 19.6. The maximum atomic E-state index is 5.75. The highest BCUT2D eigenvalue weighted by Crippen LogP contribution is 2.25. The second-order valence-electron chi connectivity index (χ2n) is 8.18. The Morgan fingerprint density at radius 2 is 2.15 bits per heavy atom. The molecule has 2 aliphatic rings. The Morgan fingerprint density at radius 3 is 2.91 bits per heavy atom. The first kappa shape index (κ1) is 22.8. The van der Waals surface area contributed by atoms with Crippen molar-refractivity contribution in [3.05, 3.63) is 41.5 Å². The lowest BCUT2D eigenvalue weighted by atomic mass is 10.1. The molecule has 4 rings (SSSR count). The van der Waals surface area contributed by atoms with Crippen molar-refractivity contribution < 1.29 is 9.47 Å². The molecule has 9 heteroatoms. The molecule has 2 aromatic rings. The summed E-state index contributed by atoms with van der Waals surface area (Å²) in [7, 11) is 1.65. The zero-order valence-electron chi connectivity index (χ0n) is 19.6. The van der Waals surface area contributed by atoms with Gasteiger partial charge in [0.05, 0.1) is 30.4 Å². The van der Waals surface area contributed by atoms with Crippen LogP contribution in [0, 0.1) is 6.92 Å². The van der Waals surface area contributed by atoms with Crippen molar-refractivity contribution in [2.75, 3.05) is 24.4 Å². The van der Waals surface area contributed by atoms with Crippen LogP contribution in [0.15, 0.2) is 29.4 Å². The van der Waals surface area contributed by atoms with Crippen LogP contribution in [0.2, 0.25) is 0 Å². The number of anilines is 3. The molecule has 9 nitrogen and oxygen atoms in total. The fourth-order valence-electron chi connectivity index (χ4n) is 3.77. The lowest BCUT2D eigenvalue weighted by molar-refractivity contribution is 0.104. The first-order chi connectivity index (χ1) is 16.0. The molecule has 2 N–H and O–H groups in total. The number of pyridine rings is 1. The number of aliphatic imine (C=N–C) groups is 1. The van der Waals surface area contributed by atoms with Crippen LogP contribution in [0.3, 0.4) is 0 Å². The third-order valence-electron chi connectivity index (χ3n) is 5.47. The molecule has 172 valence electrons. The van der Waals surface area contributed by atoms with Gasteiger partial charge in [0.2, 0.25) is 0 Å². The highest BCUT2D eigenvalue weighted by molar-refractivity contribution is 6.20. The van der Waals surface area contributed by atoms with E-state index in [4.69, 9.17) is 14.5 Å². The van der Waals surface area contributed by atoms with Crippen LogP contribution in [-0.4, -0.2) is 58.4 Å². The predicted octanol–water partition coefficient (Wildman–Crippen LogP) is 2.95. The number of nitrogens with zero attached hydrogens (tertiary/aromatic N) is 5. The van der Waals surface area contributed by atoms with Gasteiger partial charge in [0.25, 0.3) is 0 Å². The van der Waals surface area contributed by atoms with E-state index in [2.05, 4.69) is 36.1 Å². The summed E-state index contributed by atoms with van der Waals surface area (Å²) in [6.45, 7) is 6.59. The number of nitrogens with one attached hydrogen (secondary N) is 2. The molecule has 0 saturated carbocycles. The number of amidine groups is 1. The number of aromatic nitrogens is 3. The van der Waals surface area contributed by atoms with Gasteiger partial charge < -0.3 is 20.1 Å². The quantitative estimate of drug-likeness (QED) is 0.448. The molecule has 4 heterocycles. The Morgan fingerprint density at radius 1 is 1.27 bits per heavy atom. The van der Waals surface area contributed by atoms with Crippen molar-refractivity contribution in [1.29, 1.82) is 0 Å². The first-order valence-electron chi connectivity index (χ1n) is 11.2. The summed E-state index contributed by atoms with van der Waals surface area (Å²) < 4.78 is 15.2. The third-order valence-corrected chi connectivity index (χ3v) is 5.47. The van der Waals surface area contributed by atoms with Crippen LogP contribution in [-0.2, 0) is 15.9 Å². The monoisotopic (exact) mass is 448 g/mol. The zero-order chi connectivity index (χ0) is 23.2. The second kappa shape index (κ2) is 10.5. The summed E-state index contributed by atoms with van der Waals surface area (Å²) in [5.41, 5.74) is 3.27. The summed E-state index contributed by atoms with van der Waals surface area (Å²) in [6, 6.07) is 3.85. The van der Waals surface area contributed by atoms with Gasteiger partial charge in [0.1, 0.15) is 23.7 Å². The van der Waals surface area contributed by atoms with Crippen LogP contribution in [0.4, 0.5) is 17.3 Å². The lowest BCUT2D eigenvalue weighted by Gasteiger charge is -2.16. The number of ether oxygens (including phenoxy) is 2. The van der Waals surface area contributed by atoms with E-state index < -0.39 is 0 Å². The molecule has 2 atom stereocenters. The van der Waals surface area contributed by atoms with E-state index in [1.165, 1.54) is 0 Å². The summed E-state index contributed by atoms with van der Waals surface area (Å²) in [4.78, 5) is 18.5. The van der Waals surface area contributed by atoms with Gasteiger partial charge in [-0.3, -0.25) is 0 Å². The lowest BCUT2D eigenvalue weighted by Crippen LogP contribution is -2.18. The van der Waals surface area contributed by atoms with Crippen molar-refractivity contribution in [2.45, 2.75) is 58.8 Å². The second-order valence-corrected chi connectivity index (χ2v) is 8.18. The molecular weight excluding hydrogens is 418 g/mol. The van der Waals surface area contributed by atoms with E-state index in [9.17, 15) is 0 Å². The molecule has 0 bridgehead atoms. The molecule has 0 radical (unpaired) electrons. The van der Waals surface area contributed by atoms with Gasteiger partial charge in [-0.05, 0) is 38.1 Å². The van der Waals surface area contributed by atoms with E-state index >= 15 is 0 Å². The Bertz CT molecular complexity index is 1140. The third kappa shape index (κ3) is 6.12. The van der Waals surface area contributed by atoms with E-state index in [0.717, 1.165) is 66.6 Å². The molecule has 0 aliphatic carbocycles. The first-order valence-corrected chi connectivity index (χ1v) is 11.2. The molecule has 33 heavy (non-hydrogen) atoms. The standard InChI is InChI=1S/C24H29N7O2/c1-15-12-24(31-22(27-15)8-7-18-6-5-11-33-18)30-21-13-23(29-17(3)32-4)26-14-19(21)20-9-10-25-16(2)28-20/h9,12-14,17-18H,5-8,11H2,1-4H3,(H,27,29,30,31)/p+1. The van der Waals surface area contributed by atoms with Crippen molar-refractivity contribution >= 4 is 34.7 Å². The molecule has 2 aliphatic heterocycles. The molecule has 2 unspecified atom stereocenters. The van der Waals surface area contributed by atoms with E-state index in [1.807, 2.05) is 32.9 Å². The fraction of sp³-hybridized carbons (Fsp3) is 0.458. The van der Waals surface area contributed by atoms with Crippen LogP contribution in [0.1, 0.15) is 50.2 Å². The van der Waals surface area contributed by atoms with Gasteiger partial charge in [0, 0.05) is 44.2 Å². The Balaban J connectivity index is 1.61. The van der Waals surface area contributed by atoms with E-state index in [0.29, 0.717) is 17.8 Å². The van der Waals surface area contributed by atoms with Crippen molar-refractivity contribution in [1.82, 2.24) is 19.6 Å². The van der Waals surface area contributed by atoms with Gasteiger partial charge >= 0.3 is 5.84 Å². The SMILES string of the molecule is COC(C)Nc1cc(Nc2cc(C)nc(CCC3CCCO3)n2)c(C2=NC(C)=[N+]=C=C2)cn1. The van der Waals surface area contributed by atoms with Gasteiger partial charge in [0.15, 0.2) is 11.6 Å². The van der Waals surface area contributed by atoms with Crippen LogP contribution < -0.4 is 15.3 Å². The number of hydrogen-bond donors (Lipinski definition) is 2. The molecule has 2 aromatic heterocycles. The summed E-state index contributed by atoms with van der Waals surface area (Å²) in [5, 5.41) is 6.68. The molecule has 1 fully saturated rings. The van der Waals surface area contributed by atoms with Crippen LogP contribution in [0.25, 0.3) is 0 Å². The minimum Gasteiger partial charge on any atom is -0.378 e. The summed E-state index contributed by atoms with van der Waals surface area (Å²) >= 11 is 0. The highest BCUT2D eigenvalue weighted by atomic mass is 16.5. The maximum absolute atomic E-state index is 5.75. The van der Waals surface area contributed by atoms with Gasteiger partial charge in [-0.25, -0.2) is 15.0 Å². The average molecular weight is 449 g/mol. The number of aryl methyl sites for hydroxylation is 2. The van der Waals surface area contributed by atoms with Crippen LogP contribution in [0.5, 0.6) is 0 Å². The van der Waals surface area contributed by atoms with E-state index in [1.54, 1.807) is 19.4 Å². The van der Waals surface area contributed by atoms with Crippen LogP contribution >= 0.6 is 0 Å².